The quantitative estimate of drug-likeness (QED) is 0.214. The summed E-state index contributed by atoms with van der Waals surface area (Å²) in [5.74, 6) is -0.250. The van der Waals surface area contributed by atoms with E-state index in [2.05, 4.69) is 0 Å². The summed E-state index contributed by atoms with van der Waals surface area (Å²) in [6.45, 7) is 0.932. The van der Waals surface area contributed by atoms with Gasteiger partial charge in [-0.25, -0.2) is 8.42 Å². The van der Waals surface area contributed by atoms with Gasteiger partial charge >= 0.3 is 0 Å². The van der Waals surface area contributed by atoms with Crippen LogP contribution in [-0.2, 0) is 40.0 Å². The number of rotatable bonds is 9. The highest BCUT2D eigenvalue weighted by Gasteiger charge is 2.24. The van der Waals surface area contributed by atoms with Crippen LogP contribution in [0.15, 0.2) is 120 Å². The van der Waals surface area contributed by atoms with Crippen LogP contribution in [0.2, 0.25) is 5.02 Å². The summed E-state index contributed by atoms with van der Waals surface area (Å²) in [7, 11) is -3.67. The Hall–Kier alpha value is -3.87. The van der Waals surface area contributed by atoms with Crippen molar-refractivity contribution in [1.29, 1.82) is 0 Å². The summed E-state index contributed by atoms with van der Waals surface area (Å²) in [5.41, 5.74) is 3.41. The van der Waals surface area contributed by atoms with Crippen molar-refractivity contribution < 1.29 is 13.2 Å². The molecule has 5 aromatic rings. The average molecular weight is 543 g/mol. The molecule has 0 saturated carbocycles. The normalized spacial score (nSPS) is 11.5. The van der Waals surface area contributed by atoms with Gasteiger partial charge < -0.3 is 9.47 Å². The zero-order valence-electron chi connectivity index (χ0n) is 20.7. The van der Waals surface area contributed by atoms with Gasteiger partial charge in [0.25, 0.3) is 0 Å². The first kappa shape index (κ1) is 25.8. The van der Waals surface area contributed by atoms with Gasteiger partial charge in [-0.05, 0) is 34.9 Å². The Bertz CT molecular complexity index is 1610. The maximum Gasteiger partial charge on any atom is 0.243 e. The zero-order chi connectivity index (χ0) is 26.5. The molecular weight excluding hydrogens is 516 g/mol. The number of amides is 1. The van der Waals surface area contributed by atoms with Crippen molar-refractivity contribution in [2.75, 3.05) is 0 Å². The highest BCUT2D eigenvalue weighted by Crippen LogP contribution is 2.28. The van der Waals surface area contributed by atoms with Crippen molar-refractivity contribution in [3.05, 3.63) is 137 Å². The fourth-order valence-electron chi connectivity index (χ4n) is 4.56. The smallest absolute Gasteiger partial charge is 0.243 e. The van der Waals surface area contributed by atoms with Crippen molar-refractivity contribution in [2.24, 2.45) is 0 Å². The van der Waals surface area contributed by atoms with E-state index in [9.17, 15) is 13.2 Å². The molecule has 4 aromatic carbocycles. The number of para-hydroxylation sites is 1. The van der Waals surface area contributed by atoms with Crippen LogP contribution in [0.1, 0.15) is 16.7 Å². The molecule has 1 aromatic heterocycles. The first-order valence-electron chi connectivity index (χ1n) is 12.3. The van der Waals surface area contributed by atoms with E-state index in [1.165, 1.54) is 0 Å². The second-order valence-corrected chi connectivity index (χ2v) is 11.6. The number of benzene rings is 4. The van der Waals surface area contributed by atoms with Crippen LogP contribution in [-0.4, -0.2) is 23.8 Å². The van der Waals surface area contributed by atoms with Gasteiger partial charge in [-0.15, -0.1) is 0 Å². The molecule has 7 heteroatoms. The third-order valence-corrected chi connectivity index (χ3v) is 8.41. The topological polar surface area (TPSA) is 59.4 Å². The van der Waals surface area contributed by atoms with E-state index < -0.39 is 9.84 Å². The SMILES string of the molecule is O=C(Cn1cc(S(=O)(=O)Cc2ccc(Cl)cc2)c2ccccc21)N(Cc1ccccc1)Cc1ccccc1. The number of aromatic nitrogens is 1. The summed E-state index contributed by atoms with van der Waals surface area (Å²) in [6.07, 6.45) is 1.59. The molecule has 5 nitrogen and oxygen atoms in total. The van der Waals surface area contributed by atoms with Crippen LogP contribution in [0.5, 0.6) is 0 Å². The third kappa shape index (κ3) is 5.98. The van der Waals surface area contributed by atoms with Crippen molar-refractivity contribution in [1.82, 2.24) is 9.47 Å². The van der Waals surface area contributed by atoms with Crippen LogP contribution < -0.4 is 0 Å². The monoisotopic (exact) mass is 542 g/mol. The maximum atomic E-state index is 13.7. The lowest BCUT2D eigenvalue weighted by atomic mass is 10.1. The average Bonchev–Trinajstić information content (AvgIpc) is 3.30. The molecule has 0 unspecified atom stereocenters. The summed E-state index contributed by atoms with van der Waals surface area (Å²) >= 11 is 5.97. The molecule has 1 heterocycles. The van der Waals surface area contributed by atoms with E-state index in [0.717, 1.165) is 11.1 Å². The second kappa shape index (κ2) is 11.3. The molecule has 0 atom stereocenters. The number of nitrogens with zero attached hydrogens (tertiary/aromatic N) is 2. The molecule has 192 valence electrons. The van der Waals surface area contributed by atoms with Gasteiger partial charge in [0, 0.05) is 35.2 Å². The number of fused-ring (bicyclic) bond motifs is 1. The molecule has 0 N–H and O–H groups in total. The van der Waals surface area contributed by atoms with Crippen molar-refractivity contribution >= 4 is 38.2 Å². The molecule has 0 saturated heterocycles. The minimum atomic E-state index is -3.67. The number of halogens is 1. The Morgan fingerprint density at radius 3 is 1.87 bits per heavy atom. The van der Waals surface area contributed by atoms with Crippen LogP contribution >= 0.6 is 11.6 Å². The second-order valence-electron chi connectivity index (χ2n) is 9.24. The first-order valence-corrected chi connectivity index (χ1v) is 14.3. The maximum absolute atomic E-state index is 13.7. The van der Waals surface area contributed by atoms with Crippen molar-refractivity contribution in [3.63, 3.8) is 0 Å². The van der Waals surface area contributed by atoms with Gasteiger partial charge in [-0.2, -0.15) is 0 Å². The van der Waals surface area contributed by atoms with Gasteiger partial charge in [0.2, 0.25) is 5.91 Å². The number of carbonyl (C=O) groups excluding carboxylic acids is 1. The minimum Gasteiger partial charge on any atom is -0.337 e. The molecule has 0 radical (unpaired) electrons. The molecular formula is C31H27ClN2O3S. The molecule has 38 heavy (non-hydrogen) atoms. The van der Waals surface area contributed by atoms with Crippen LogP contribution in [0, 0.1) is 0 Å². The van der Waals surface area contributed by atoms with E-state index in [-0.39, 0.29) is 23.1 Å². The van der Waals surface area contributed by atoms with E-state index in [4.69, 9.17) is 11.6 Å². The van der Waals surface area contributed by atoms with Gasteiger partial charge in [-0.1, -0.05) is 103 Å². The summed E-state index contributed by atoms with van der Waals surface area (Å²) in [4.78, 5) is 15.7. The largest absolute Gasteiger partial charge is 0.337 e. The first-order chi connectivity index (χ1) is 18.4. The summed E-state index contributed by atoms with van der Waals surface area (Å²) < 4.78 is 28.7. The zero-order valence-corrected chi connectivity index (χ0v) is 22.3. The molecule has 0 fully saturated rings. The predicted molar refractivity (Wildman–Crippen MR) is 151 cm³/mol. The van der Waals surface area contributed by atoms with Crippen LogP contribution in [0.25, 0.3) is 10.9 Å². The van der Waals surface area contributed by atoms with Crippen LogP contribution in [0.3, 0.4) is 0 Å². The van der Waals surface area contributed by atoms with E-state index >= 15 is 0 Å². The number of hydrogen-bond acceptors (Lipinski definition) is 3. The Kier molecular flexibility index (Phi) is 7.63. The Balaban J connectivity index is 1.45. The fraction of sp³-hybridized carbons (Fsp3) is 0.129. The Labute approximate surface area is 227 Å². The molecule has 5 rings (SSSR count). The molecule has 0 bridgehead atoms. The lowest BCUT2D eigenvalue weighted by Crippen LogP contribution is -2.32. The highest BCUT2D eigenvalue weighted by molar-refractivity contribution is 7.90. The Morgan fingerprint density at radius 2 is 1.26 bits per heavy atom. The molecule has 0 aliphatic rings. The minimum absolute atomic E-state index is 0.0244. The molecule has 0 aliphatic carbocycles. The lowest BCUT2D eigenvalue weighted by Gasteiger charge is -2.23. The fourth-order valence-corrected chi connectivity index (χ4v) is 6.26. The van der Waals surface area contributed by atoms with Gasteiger partial charge in [0.1, 0.15) is 6.54 Å². The van der Waals surface area contributed by atoms with E-state index in [0.29, 0.717) is 34.6 Å². The number of carbonyl (C=O) groups is 1. The van der Waals surface area contributed by atoms with E-state index in [1.807, 2.05) is 78.9 Å². The van der Waals surface area contributed by atoms with E-state index in [1.54, 1.807) is 46.0 Å². The van der Waals surface area contributed by atoms with Gasteiger partial charge in [-0.3, -0.25) is 4.79 Å². The third-order valence-electron chi connectivity index (χ3n) is 6.45. The number of sulfone groups is 1. The van der Waals surface area contributed by atoms with Crippen LogP contribution in [0.4, 0.5) is 0 Å². The van der Waals surface area contributed by atoms with Crippen molar-refractivity contribution in [3.8, 4) is 0 Å². The predicted octanol–water partition coefficient (Wildman–Crippen LogP) is 6.50. The lowest BCUT2D eigenvalue weighted by molar-refractivity contribution is -0.133. The summed E-state index contributed by atoms with van der Waals surface area (Å²) in [6, 6.07) is 33.8. The van der Waals surface area contributed by atoms with Gasteiger partial charge in [0.15, 0.2) is 9.84 Å². The molecule has 0 aliphatic heterocycles. The standard InChI is InChI=1S/C31H27ClN2O3S/c32-27-17-15-26(16-18-27)23-38(36,37)30-21-33(29-14-8-7-13-28(29)30)22-31(35)34(19-24-9-3-1-4-10-24)20-25-11-5-2-6-12-25/h1-18,21H,19-20,22-23H2. The molecule has 0 spiro atoms. The highest BCUT2D eigenvalue weighted by atomic mass is 35.5. The molecule has 1 amide bonds. The van der Waals surface area contributed by atoms with Crippen molar-refractivity contribution in [2.45, 2.75) is 30.3 Å². The summed E-state index contributed by atoms with van der Waals surface area (Å²) in [5, 5.41) is 1.16. The Morgan fingerprint density at radius 1 is 0.711 bits per heavy atom. The van der Waals surface area contributed by atoms with Gasteiger partial charge in [0.05, 0.1) is 10.6 Å². The number of hydrogen-bond donors (Lipinski definition) is 0.